The third kappa shape index (κ3) is 4.18. The molecule has 0 aliphatic carbocycles. The van der Waals surface area contributed by atoms with Crippen molar-refractivity contribution in [3.8, 4) is 0 Å². The fourth-order valence-corrected chi connectivity index (χ4v) is 1.68. The molecule has 1 aromatic heterocycles. The van der Waals surface area contributed by atoms with Crippen molar-refractivity contribution < 1.29 is 14.4 Å². The Balaban J connectivity index is 1.81. The molecule has 1 aromatic carbocycles. The van der Waals surface area contributed by atoms with Crippen molar-refractivity contribution in [3.63, 3.8) is 0 Å². The smallest absolute Gasteiger partial charge is 0.307 e. The quantitative estimate of drug-likeness (QED) is 0.814. The van der Waals surface area contributed by atoms with Gasteiger partial charge in [0.25, 0.3) is 0 Å². The molecular formula is C13H15N3O3. The molecule has 0 saturated carbocycles. The van der Waals surface area contributed by atoms with Gasteiger partial charge in [-0.3, -0.25) is 4.79 Å². The summed E-state index contributed by atoms with van der Waals surface area (Å²) >= 11 is 0. The van der Waals surface area contributed by atoms with Crippen molar-refractivity contribution in [1.82, 2.24) is 15.5 Å². The Morgan fingerprint density at radius 1 is 1.26 bits per heavy atom. The van der Waals surface area contributed by atoms with Crippen LogP contribution >= 0.6 is 0 Å². The molecule has 0 spiro atoms. The number of hydrogen-bond acceptors (Lipinski definition) is 5. The average Bonchev–Trinajstić information content (AvgIpc) is 2.77. The molecule has 0 amide bonds. The van der Waals surface area contributed by atoms with E-state index in [0.717, 1.165) is 11.1 Å². The van der Waals surface area contributed by atoms with E-state index < -0.39 is 5.97 Å². The van der Waals surface area contributed by atoms with Crippen LogP contribution in [0, 0.1) is 6.92 Å². The van der Waals surface area contributed by atoms with Gasteiger partial charge < -0.3 is 14.9 Å². The second-order valence-electron chi connectivity index (χ2n) is 4.23. The Kier molecular flexibility index (Phi) is 4.25. The third-order valence-corrected chi connectivity index (χ3v) is 2.55. The lowest BCUT2D eigenvalue weighted by atomic mass is 10.1. The lowest BCUT2D eigenvalue weighted by Gasteiger charge is -2.03. The predicted molar refractivity (Wildman–Crippen MR) is 67.4 cm³/mol. The van der Waals surface area contributed by atoms with Crippen LogP contribution in [-0.4, -0.2) is 21.2 Å². The standard InChI is InChI=1S/C13H15N3O3/c1-9-15-12(19-16-9)8-14-7-11-4-2-10(3-5-11)6-13(17)18/h2-5,14H,6-8H2,1H3,(H,17,18). The molecule has 2 N–H and O–H groups in total. The Bertz CT molecular complexity index is 549. The summed E-state index contributed by atoms with van der Waals surface area (Å²) in [5.41, 5.74) is 1.87. The minimum absolute atomic E-state index is 0.0506. The van der Waals surface area contributed by atoms with Gasteiger partial charge in [0.05, 0.1) is 13.0 Å². The van der Waals surface area contributed by atoms with Crippen LogP contribution < -0.4 is 5.32 Å². The number of carboxylic acids is 1. The summed E-state index contributed by atoms with van der Waals surface area (Å²) in [6.45, 7) is 2.95. The normalized spacial score (nSPS) is 10.6. The first-order valence-electron chi connectivity index (χ1n) is 5.93. The first-order chi connectivity index (χ1) is 9.13. The lowest BCUT2D eigenvalue weighted by molar-refractivity contribution is -0.136. The molecule has 6 heteroatoms. The Morgan fingerprint density at radius 3 is 2.53 bits per heavy atom. The van der Waals surface area contributed by atoms with Crippen LogP contribution in [0.15, 0.2) is 28.8 Å². The maximum Gasteiger partial charge on any atom is 0.307 e. The molecule has 0 radical (unpaired) electrons. The Morgan fingerprint density at radius 2 is 1.95 bits per heavy atom. The molecule has 100 valence electrons. The molecule has 6 nitrogen and oxygen atoms in total. The maximum atomic E-state index is 10.5. The predicted octanol–water partition coefficient (Wildman–Crippen LogP) is 1.29. The highest BCUT2D eigenvalue weighted by Crippen LogP contribution is 2.05. The third-order valence-electron chi connectivity index (χ3n) is 2.55. The van der Waals surface area contributed by atoms with Crippen molar-refractivity contribution in [3.05, 3.63) is 47.1 Å². The number of rotatable bonds is 6. The first-order valence-corrected chi connectivity index (χ1v) is 5.93. The van der Waals surface area contributed by atoms with Crippen LogP contribution in [0.2, 0.25) is 0 Å². The van der Waals surface area contributed by atoms with Gasteiger partial charge >= 0.3 is 5.97 Å². The molecule has 2 rings (SSSR count). The van der Waals surface area contributed by atoms with Crippen LogP contribution in [0.4, 0.5) is 0 Å². The van der Waals surface area contributed by atoms with Gasteiger partial charge in [-0.1, -0.05) is 29.4 Å². The average molecular weight is 261 g/mol. The largest absolute Gasteiger partial charge is 0.481 e. The van der Waals surface area contributed by atoms with E-state index >= 15 is 0 Å². The number of aliphatic carboxylic acids is 1. The zero-order chi connectivity index (χ0) is 13.7. The van der Waals surface area contributed by atoms with E-state index in [1.807, 2.05) is 24.3 Å². The van der Waals surface area contributed by atoms with Crippen molar-refractivity contribution >= 4 is 5.97 Å². The van der Waals surface area contributed by atoms with Crippen LogP contribution in [0.3, 0.4) is 0 Å². The topological polar surface area (TPSA) is 88.2 Å². The number of nitrogens with zero attached hydrogens (tertiary/aromatic N) is 2. The molecule has 2 aromatic rings. The fourth-order valence-electron chi connectivity index (χ4n) is 1.68. The number of benzene rings is 1. The van der Waals surface area contributed by atoms with Gasteiger partial charge in [0.1, 0.15) is 0 Å². The summed E-state index contributed by atoms with van der Waals surface area (Å²) in [5.74, 6) is 0.354. The molecule has 19 heavy (non-hydrogen) atoms. The van der Waals surface area contributed by atoms with Gasteiger partial charge in [-0.15, -0.1) is 0 Å². The minimum Gasteiger partial charge on any atom is -0.481 e. The number of carbonyl (C=O) groups is 1. The minimum atomic E-state index is -0.822. The van der Waals surface area contributed by atoms with Gasteiger partial charge in [-0.2, -0.15) is 4.98 Å². The van der Waals surface area contributed by atoms with Crippen LogP contribution in [-0.2, 0) is 24.3 Å². The number of hydrogen-bond donors (Lipinski definition) is 2. The molecule has 0 bridgehead atoms. The lowest BCUT2D eigenvalue weighted by Crippen LogP contribution is -2.13. The van der Waals surface area contributed by atoms with Gasteiger partial charge in [0, 0.05) is 6.54 Å². The molecule has 0 saturated heterocycles. The van der Waals surface area contributed by atoms with Crippen LogP contribution in [0.5, 0.6) is 0 Å². The number of aromatic nitrogens is 2. The highest BCUT2D eigenvalue weighted by molar-refractivity contribution is 5.70. The van der Waals surface area contributed by atoms with E-state index in [9.17, 15) is 4.79 Å². The van der Waals surface area contributed by atoms with Gasteiger partial charge in [0.15, 0.2) is 5.82 Å². The zero-order valence-corrected chi connectivity index (χ0v) is 10.6. The monoisotopic (exact) mass is 261 g/mol. The summed E-state index contributed by atoms with van der Waals surface area (Å²) in [6.07, 6.45) is 0.0506. The van der Waals surface area contributed by atoms with E-state index in [4.69, 9.17) is 9.63 Å². The second kappa shape index (κ2) is 6.10. The summed E-state index contributed by atoms with van der Waals surface area (Å²) < 4.78 is 4.98. The molecular weight excluding hydrogens is 246 g/mol. The Labute approximate surface area is 110 Å². The highest BCUT2D eigenvalue weighted by Gasteiger charge is 2.03. The van der Waals surface area contributed by atoms with E-state index in [-0.39, 0.29) is 6.42 Å². The zero-order valence-electron chi connectivity index (χ0n) is 10.6. The molecule has 0 aliphatic heterocycles. The number of aryl methyl sites for hydroxylation is 1. The highest BCUT2D eigenvalue weighted by atomic mass is 16.5. The Hall–Kier alpha value is -2.21. The van der Waals surface area contributed by atoms with E-state index in [1.165, 1.54) is 0 Å². The number of nitrogens with one attached hydrogen (secondary N) is 1. The molecule has 1 heterocycles. The first kappa shape index (κ1) is 13.2. The SMILES string of the molecule is Cc1noc(CNCc2ccc(CC(=O)O)cc2)n1. The fraction of sp³-hybridized carbons (Fsp3) is 0.308. The van der Waals surface area contributed by atoms with Crippen LogP contribution in [0.25, 0.3) is 0 Å². The number of carboxylic acid groups (broad SMARTS) is 1. The molecule has 0 unspecified atom stereocenters. The van der Waals surface area contributed by atoms with Crippen molar-refractivity contribution in [2.45, 2.75) is 26.4 Å². The van der Waals surface area contributed by atoms with Gasteiger partial charge in [-0.05, 0) is 18.1 Å². The summed E-state index contributed by atoms with van der Waals surface area (Å²) in [5, 5.41) is 15.5. The van der Waals surface area contributed by atoms with Crippen molar-refractivity contribution in [2.75, 3.05) is 0 Å². The van der Waals surface area contributed by atoms with E-state index in [2.05, 4.69) is 15.5 Å². The molecule has 0 aliphatic rings. The summed E-state index contributed by atoms with van der Waals surface area (Å²) in [6, 6.07) is 7.46. The second-order valence-corrected chi connectivity index (χ2v) is 4.23. The van der Waals surface area contributed by atoms with Crippen molar-refractivity contribution in [2.24, 2.45) is 0 Å². The van der Waals surface area contributed by atoms with E-state index in [0.29, 0.717) is 24.8 Å². The van der Waals surface area contributed by atoms with Gasteiger partial charge in [0.2, 0.25) is 5.89 Å². The van der Waals surface area contributed by atoms with Crippen molar-refractivity contribution in [1.29, 1.82) is 0 Å². The molecule has 0 fully saturated rings. The summed E-state index contributed by atoms with van der Waals surface area (Å²) in [7, 11) is 0. The summed E-state index contributed by atoms with van der Waals surface area (Å²) in [4.78, 5) is 14.6. The maximum absolute atomic E-state index is 10.5. The van der Waals surface area contributed by atoms with Crippen LogP contribution in [0.1, 0.15) is 22.8 Å². The van der Waals surface area contributed by atoms with Gasteiger partial charge in [-0.25, -0.2) is 0 Å². The molecule has 0 atom stereocenters. The van der Waals surface area contributed by atoms with E-state index in [1.54, 1.807) is 6.92 Å².